The molecule has 100 valence electrons. The Hall–Kier alpha value is -1.36. The van der Waals surface area contributed by atoms with Crippen molar-refractivity contribution in [3.63, 3.8) is 0 Å². The van der Waals surface area contributed by atoms with Crippen LogP contribution in [0, 0.1) is 5.92 Å². The van der Waals surface area contributed by atoms with Gasteiger partial charge in [-0.1, -0.05) is 0 Å². The van der Waals surface area contributed by atoms with E-state index in [4.69, 9.17) is 0 Å². The molecule has 1 aliphatic rings. The van der Waals surface area contributed by atoms with Gasteiger partial charge in [0.1, 0.15) is 5.82 Å². The van der Waals surface area contributed by atoms with Crippen LogP contribution < -0.4 is 0 Å². The zero-order chi connectivity index (χ0) is 13.1. The first-order valence-electron chi connectivity index (χ1n) is 6.47. The molecule has 2 heterocycles. The van der Waals surface area contributed by atoms with Crippen molar-refractivity contribution in [1.29, 1.82) is 0 Å². The molecule has 1 saturated heterocycles. The predicted octanol–water partition coefficient (Wildman–Crippen LogP) is 0.720. The summed E-state index contributed by atoms with van der Waals surface area (Å²) in [5.74, 6) is 1.46. The van der Waals surface area contributed by atoms with Crippen LogP contribution in [0.4, 0.5) is 0 Å². The Labute approximate surface area is 108 Å². The lowest BCUT2D eigenvalue weighted by Gasteiger charge is -2.32. The average Bonchev–Trinajstić information content (AvgIpc) is 2.74. The average molecular weight is 250 g/mol. The summed E-state index contributed by atoms with van der Waals surface area (Å²) >= 11 is 0. The molecule has 0 aromatic carbocycles. The number of likely N-dealkylation sites (tertiary alicyclic amines) is 1. The number of aromatic nitrogens is 2. The molecular formula is C13H22N4O. The zero-order valence-corrected chi connectivity index (χ0v) is 11.5. The molecule has 1 atom stereocenters. The van der Waals surface area contributed by atoms with Gasteiger partial charge in [0.25, 0.3) is 0 Å². The Morgan fingerprint density at radius 3 is 2.94 bits per heavy atom. The molecule has 5 nitrogen and oxygen atoms in total. The molecule has 0 unspecified atom stereocenters. The first-order chi connectivity index (χ1) is 8.58. The summed E-state index contributed by atoms with van der Waals surface area (Å²) in [7, 11) is 5.68. The smallest absolute Gasteiger partial charge is 0.226 e. The number of rotatable bonds is 3. The number of aryl methyl sites for hydroxylation is 1. The van der Waals surface area contributed by atoms with E-state index >= 15 is 0 Å². The molecule has 0 N–H and O–H groups in total. The SMILES string of the molecule is CN(C)C(=O)[C@@H]1CCCN(Cc2nccn2C)C1. The van der Waals surface area contributed by atoms with Crippen LogP contribution in [0.3, 0.4) is 0 Å². The fourth-order valence-electron chi connectivity index (χ4n) is 2.51. The van der Waals surface area contributed by atoms with E-state index in [9.17, 15) is 4.79 Å². The Morgan fingerprint density at radius 2 is 2.33 bits per heavy atom. The first-order valence-corrected chi connectivity index (χ1v) is 6.47. The molecule has 0 radical (unpaired) electrons. The van der Waals surface area contributed by atoms with E-state index < -0.39 is 0 Å². The lowest BCUT2D eigenvalue weighted by atomic mass is 9.97. The second kappa shape index (κ2) is 5.52. The van der Waals surface area contributed by atoms with Gasteiger partial charge < -0.3 is 9.47 Å². The van der Waals surface area contributed by atoms with Gasteiger partial charge >= 0.3 is 0 Å². The number of piperidine rings is 1. The highest BCUT2D eigenvalue weighted by atomic mass is 16.2. The summed E-state index contributed by atoms with van der Waals surface area (Å²) < 4.78 is 2.04. The second-order valence-corrected chi connectivity index (χ2v) is 5.26. The Balaban J connectivity index is 1.95. The molecule has 2 rings (SSSR count). The Bertz CT molecular complexity index is 413. The van der Waals surface area contributed by atoms with Gasteiger partial charge in [-0.3, -0.25) is 9.69 Å². The first kappa shape index (κ1) is 13.1. The lowest BCUT2D eigenvalue weighted by Crippen LogP contribution is -2.42. The molecule has 0 aliphatic carbocycles. The van der Waals surface area contributed by atoms with Gasteiger partial charge in [-0.25, -0.2) is 4.98 Å². The van der Waals surface area contributed by atoms with Crippen molar-refractivity contribution in [2.24, 2.45) is 13.0 Å². The fourth-order valence-corrected chi connectivity index (χ4v) is 2.51. The molecular weight excluding hydrogens is 228 g/mol. The number of carbonyl (C=O) groups is 1. The maximum atomic E-state index is 12.0. The molecule has 1 aromatic rings. The zero-order valence-electron chi connectivity index (χ0n) is 11.5. The van der Waals surface area contributed by atoms with E-state index in [2.05, 4.69) is 9.88 Å². The largest absolute Gasteiger partial charge is 0.349 e. The van der Waals surface area contributed by atoms with Gasteiger partial charge in [0.2, 0.25) is 5.91 Å². The quantitative estimate of drug-likeness (QED) is 0.794. The molecule has 1 aliphatic heterocycles. The van der Waals surface area contributed by atoms with E-state index in [-0.39, 0.29) is 11.8 Å². The number of hydrogen-bond donors (Lipinski definition) is 0. The van der Waals surface area contributed by atoms with Crippen molar-refractivity contribution in [3.05, 3.63) is 18.2 Å². The molecule has 18 heavy (non-hydrogen) atoms. The third-order valence-corrected chi connectivity index (χ3v) is 3.58. The number of carbonyl (C=O) groups excluding carboxylic acids is 1. The van der Waals surface area contributed by atoms with Crippen molar-refractivity contribution in [1.82, 2.24) is 19.4 Å². The van der Waals surface area contributed by atoms with Gasteiger partial charge in [-0.05, 0) is 19.4 Å². The van der Waals surface area contributed by atoms with Crippen molar-refractivity contribution < 1.29 is 4.79 Å². The van der Waals surface area contributed by atoms with Gasteiger partial charge in [-0.15, -0.1) is 0 Å². The van der Waals surface area contributed by atoms with Crippen LogP contribution in [0.5, 0.6) is 0 Å². The summed E-state index contributed by atoms with van der Waals surface area (Å²) in [5.41, 5.74) is 0. The number of imidazole rings is 1. The van der Waals surface area contributed by atoms with Gasteiger partial charge in [-0.2, -0.15) is 0 Å². The highest BCUT2D eigenvalue weighted by Gasteiger charge is 2.27. The molecule has 0 spiro atoms. The standard InChI is InChI=1S/C13H22N4O/c1-15(2)13(18)11-5-4-7-17(9-11)10-12-14-6-8-16(12)3/h6,8,11H,4-5,7,9-10H2,1-3H3/t11-/m1/s1. The second-order valence-electron chi connectivity index (χ2n) is 5.26. The summed E-state index contributed by atoms with van der Waals surface area (Å²) in [5, 5.41) is 0. The van der Waals surface area contributed by atoms with Crippen LogP contribution in [0.25, 0.3) is 0 Å². The van der Waals surface area contributed by atoms with Crippen molar-refractivity contribution in [2.75, 3.05) is 27.2 Å². The highest BCUT2D eigenvalue weighted by molar-refractivity contribution is 5.78. The maximum Gasteiger partial charge on any atom is 0.226 e. The van der Waals surface area contributed by atoms with Gasteiger partial charge in [0.15, 0.2) is 0 Å². The van der Waals surface area contributed by atoms with Crippen molar-refractivity contribution in [2.45, 2.75) is 19.4 Å². The van der Waals surface area contributed by atoms with Crippen LogP contribution in [0.1, 0.15) is 18.7 Å². The van der Waals surface area contributed by atoms with Gasteiger partial charge in [0, 0.05) is 40.1 Å². The van der Waals surface area contributed by atoms with Crippen LogP contribution in [0.2, 0.25) is 0 Å². The fraction of sp³-hybridized carbons (Fsp3) is 0.692. The maximum absolute atomic E-state index is 12.0. The molecule has 1 fully saturated rings. The normalized spacial score (nSPS) is 20.9. The summed E-state index contributed by atoms with van der Waals surface area (Å²) in [6.45, 7) is 2.74. The highest BCUT2D eigenvalue weighted by Crippen LogP contribution is 2.19. The van der Waals surface area contributed by atoms with E-state index in [0.717, 1.165) is 38.3 Å². The number of amides is 1. The summed E-state index contributed by atoms with van der Waals surface area (Å²) in [6, 6.07) is 0. The minimum Gasteiger partial charge on any atom is -0.349 e. The van der Waals surface area contributed by atoms with Crippen LogP contribution in [-0.2, 0) is 18.4 Å². The van der Waals surface area contributed by atoms with Crippen LogP contribution in [-0.4, -0.2) is 52.4 Å². The van der Waals surface area contributed by atoms with Crippen LogP contribution in [0.15, 0.2) is 12.4 Å². The topological polar surface area (TPSA) is 41.4 Å². The van der Waals surface area contributed by atoms with Crippen molar-refractivity contribution >= 4 is 5.91 Å². The Kier molecular flexibility index (Phi) is 4.01. The minimum absolute atomic E-state index is 0.147. The number of nitrogens with zero attached hydrogens (tertiary/aromatic N) is 4. The molecule has 0 bridgehead atoms. The third kappa shape index (κ3) is 2.90. The minimum atomic E-state index is 0.147. The monoisotopic (exact) mass is 250 g/mol. The molecule has 0 saturated carbocycles. The lowest BCUT2D eigenvalue weighted by molar-refractivity contribution is -0.134. The summed E-state index contributed by atoms with van der Waals surface area (Å²) in [6.07, 6.45) is 5.88. The third-order valence-electron chi connectivity index (χ3n) is 3.58. The molecule has 1 amide bonds. The summed E-state index contributed by atoms with van der Waals surface area (Å²) in [4.78, 5) is 20.4. The molecule has 5 heteroatoms. The van der Waals surface area contributed by atoms with Gasteiger partial charge in [0.05, 0.1) is 12.5 Å². The van der Waals surface area contributed by atoms with E-state index in [1.165, 1.54) is 0 Å². The van der Waals surface area contributed by atoms with E-state index in [0.29, 0.717) is 0 Å². The van der Waals surface area contributed by atoms with Crippen LogP contribution >= 0.6 is 0 Å². The van der Waals surface area contributed by atoms with Crippen molar-refractivity contribution in [3.8, 4) is 0 Å². The number of hydrogen-bond acceptors (Lipinski definition) is 3. The predicted molar refractivity (Wildman–Crippen MR) is 69.9 cm³/mol. The Morgan fingerprint density at radius 1 is 1.56 bits per heavy atom. The van der Waals surface area contributed by atoms with E-state index in [1.807, 2.05) is 38.1 Å². The van der Waals surface area contributed by atoms with E-state index in [1.54, 1.807) is 4.90 Å². The molecule has 1 aromatic heterocycles.